The van der Waals surface area contributed by atoms with E-state index in [9.17, 15) is 14.4 Å². The minimum absolute atomic E-state index is 0.00323. The Balaban J connectivity index is 1.44. The summed E-state index contributed by atoms with van der Waals surface area (Å²) in [5.74, 6) is -0.804. The van der Waals surface area contributed by atoms with Gasteiger partial charge in [-0.25, -0.2) is 4.79 Å². The fraction of sp³-hybridized carbons (Fsp3) is 0.444. The van der Waals surface area contributed by atoms with Crippen LogP contribution in [0.15, 0.2) is 48.5 Å². The first kappa shape index (κ1) is 25.3. The summed E-state index contributed by atoms with van der Waals surface area (Å²) in [6.45, 7) is 3.15. The number of amides is 2. The Labute approximate surface area is 201 Å². The van der Waals surface area contributed by atoms with Gasteiger partial charge in [-0.2, -0.15) is 0 Å². The van der Waals surface area contributed by atoms with Crippen LogP contribution in [0.1, 0.15) is 56.1 Å². The van der Waals surface area contributed by atoms with Crippen molar-refractivity contribution in [1.29, 1.82) is 0 Å². The number of carboxylic acid groups (broad SMARTS) is 1. The van der Waals surface area contributed by atoms with Crippen LogP contribution in [0.5, 0.6) is 0 Å². The molecule has 0 radical (unpaired) electrons. The molecule has 3 rings (SSSR count). The summed E-state index contributed by atoms with van der Waals surface area (Å²) in [5.41, 5.74) is 4.70. The van der Waals surface area contributed by atoms with Crippen molar-refractivity contribution in [3.05, 3.63) is 59.7 Å². The molecule has 0 saturated heterocycles. The predicted octanol–water partition coefficient (Wildman–Crippen LogP) is 4.65. The van der Waals surface area contributed by atoms with E-state index in [1.807, 2.05) is 31.2 Å². The fourth-order valence-corrected chi connectivity index (χ4v) is 4.39. The highest BCUT2D eigenvalue weighted by atomic mass is 16.5. The van der Waals surface area contributed by atoms with Crippen molar-refractivity contribution >= 4 is 18.0 Å². The second-order valence-corrected chi connectivity index (χ2v) is 8.85. The Morgan fingerprint density at radius 2 is 1.65 bits per heavy atom. The minimum Gasteiger partial charge on any atom is -0.481 e. The molecule has 0 bridgehead atoms. The SMILES string of the molecule is CCC(CNC(=O)OCC1c2ccccc2-c2ccccc21)CC(=O)N(C)CCCCC(=O)O. The molecular weight excluding hydrogens is 432 g/mol. The van der Waals surface area contributed by atoms with Crippen molar-refractivity contribution < 1.29 is 24.2 Å². The molecule has 0 saturated carbocycles. The third-order valence-corrected chi connectivity index (χ3v) is 6.48. The molecule has 34 heavy (non-hydrogen) atoms. The molecule has 2 aromatic rings. The first-order chi connectivity index (χ1) is 16.4. The van der Waals surface area contributed by atoms with Crippen molar-refractivity contribution in [1.82, 2.24) is 10.2 Å². The molecule has 0 heterocycles. The van der Waals surface area contributed by atoms with Crippen LogP contribution in [0.3, 0.4) is 0 Å². The zero-order valence-corrected chi connectivity index (χ0v) is 20.0. The summed E-state index contributed by atoms with van der Waals surface area (Å²) in [6, 6.07) is 16.4. The highest BCUT2D eigenvalue weighted by molar-refractivity contribution is 5.79. The second kappa shape index (κ2) is 12.2. The van der Waals surface area contributed by atoms with Crippen LogP contribution in [0.2, 0.25) is 0 Å². The Hall–Kier alpha value is -3.35. The van der Waals surface area contributed by atoms with Crippen LogP contribution in [0.4, 0.5) is 4.79 Å². The van der Waals surface area contributed by atoms with Gasteiger partial charge in [0.15, 0.2) is 0 Å². The molecule has 182 valence electrons. The second-order valence-electron chi connectivity index (χ2n) is 8.85. The number of alkyl carbamates (subject to hydrolysis) is 1. The molecule has 0 fully saturated rings. The number of nitrogens with one attached hydrogen (secondary N) is 1. The van der Waals surface area contributed by atoms with Gasteiger partial charge in [0.1, 0.15) is 6.61 Å². The molecule has 7 heteroatoms. The summed E-state index contributed by atoms with van der Waals surface area (Å²) >= 11 is 0. The van der Waals surface area contributed by atoms with Gasteiger partial charge in [-0.05, 0) is 41.0 Å². The van der Waals surface area contributed by atoms with Crippen molar-refractivity contribution in [2.24, 2.45) is 5.92 Å². The molecule has 0 aromatic heterocycles. The number of hydrogen-bond acceptors (Lipinski definition) is 4. The third-order valence-electron chi connectivity index (χ3n) is 6.48. The molecule has 7 nitrogen and oxygen atoms in total. The lowest BCUT2D eigenvalue weighted by atomic mass is 9.98. The molecule has 2 amide bonds. The summed E-state index contributed by atoms with van der Waals surface area (Å²) in [7, 11) is 1.73. The number of rotatable bonds is 12. The Morgan fingerprint density at radius 3 is 2.24 bits per heavy atom. The van der Waals surface area contributed by atoms with Gasteiger partial charge in [0.05, 0.1) is 0 Å². The van der Waals surface area contributed by atoms with Gasteiger partial charge in [-0.15, -0.1) is 0 Å². The van der Waals surface area contributed by atoms with Crippen LogP contribution < -0.4 is 5.32 Å². The fourth-order valence-electron chi connectivity index (χ4n) is 4.39. The van der Waals surface area contributed by atoms with Crippen molar-refractivity contribution in [3.63, 3.8) is 0 Å². The van der Waals surface area contributed by atoms with Gasteiger partial charge < -0.3 is 20.1 Å². The summed E-state index contributed by atoms with van der Waals surface area (Å²) < 4.78 is 5.58. The number of hydrogen-bond donors (Lipinski definition) is 2. The highest BCUT2D eigenvalue weighted by Crippen LogP contribution is 2.44. The normalized spacial score (nSPS) is 13.0. The number of benzene rings is 2. The number of nitrogens with zero attached hydrogens (tertiary/aromatic N) is 1. The number of carbonyl (C=O) groups is 3. The molecule has 1 unspecified atom stereocenters. The lowest BCUT2D eigenvalue weighted by Gasteiger charge is -2.21. The molecule has 0 spiro atoms. The van der Waals surface area contributed by atoms with Gasteiger partial charge in [-0.3, -0.25) is 9.59 Å². The standard InChI is InChI=1S/C27H34N2O5/c1-3-19(16-25(30)29(2)15-9-8-14-26(31)32)17-28-27(33)34-18-24-22-12-6-4-10-20(22)21-11-5-7-13-23(21)24/h4-7,10-13,19,24H,3,8-9,14-18H2,1-2H3,(H,28,33)(H,31,32). The average Bonchev–Trinajstić information content (AvgIpc) is 3.16. The van der Waals surface area contributed by atoms with Crippen molar-refractivity contribution in [3.8, 4) is 11.1 Å². The lowest BCUT2D eigenvalue weighted by Crippen LogP contribution is -2.34. The minimum atomic E-state index is -0.820. The molecule has 0 aliphatic heterocycles. The summed E-state index contributed by atoms with van der Waals surface area (Å²) in [6.07, 6.45) is 1.92. The maximum atomic E-state index is 12.5. The molecule has 2 aromatic carbocycles. The number of fused-ring (bicyclic) bond motifs is 3. The van der Waals surface area contributed by atoms with E-state index in [4.69, 9.17) is 9.84 Å². The van der Waals surface area contributed by atoms with Crippen molar-refractivity contribution in [2.75, 3.05) is 26.7 Å². The maximum absolute atomic E-state index is 12.5. The topological polar surface area (TPSA) is 95.9 Å². The highest BCUT2D eigenvalue weighted by Gasteiger charge is 2.29. The number of carbonyl (C=O) groups excluding carboxylic acids is 2. The van der Waals surface area contributed by atoms with E-state index < -0.39 is 12.1 Å². The van der Waals surface area contributed by atoms with Crippen LogP contribution >= 0.6 is 0 Å². The monoisotopic (exact) mass is 466 g/mol. The number of unbranched alkanes of at least 4 members (excludes halogenated alkanes) is 1. The van der Waals surface area contributed by atoms with Crippen LogP contribution in [0, 0.1) is 5.92 Å². The first-order valence-corrected chi connectivity index (χ1v) is 11.9. The van der Waals surface area contributed by atoms with Crippen LogP contribution in [-0.4, -0.2) is 54.7 Å². The van der Waals surface area contributed by atoms with E-state index in [-0.39, 0.29) is 30.8 Å². The van der Waals surface area contributed by atoms with E-state index in [1.54, 1.807) is 11.9 Å². The maximum Gasteiger partial charge on any atom is 0.407 e. The Bertz CT molecular complexity index is 961. The number of carboxylic acids is 1. The lowest BCUT2D eigenvalue weighted by molar-refractivity contribution is -0.137. The van der Waals surface area contributed by atoms with Gasteiger partial charge in [-0.1, -0.05) is 61.9 Å². The van der Waals surface area contributed by atoms with Gasteiger partial charge >= 0.3 is 12.1 Å². The quantitative estimate of drug-likeness (QED) is 0.444. The number of ether oxygens (including phenoxy) is 1. The number of aliphatic carboxylic acids is 1. The molecule has 1 aliphatic rings. The van der Waals surface area contributed by atoms with E-state index in [1.165, 1.54) is 22.3 Å². The van der Waals surface area contributed by atoms with Crippen LogP contribution in [0.25, 0.3) is 11.1 Å². The molecule has 1 atom stereocenters. The van der Waals surface area contributed by atoms with Crippen LogP contribution in [-0.2, 0) is 14.3 Å². The molecular formula is C27H34N2O5. The molecule has 1 aliphatic carbocycles. The smallest absolute Gasteiger partial charge is 0.407 e. The Morgan fingerprint density at radius 1 is 1.03 bits per heavy atom. The van der Waals surface area contributed by atoms with Crippen molar-refractivity contribution in [2.45, 2.75) is 44.9 Å². The third kappa shape index (κ3) is 6.59. The van der Waals surface area contributed by atoms with Gasteiger partial charge in [0.25, 0.3) is 0 Å². The van der Waals surface area contributed by atoms with Gasteiger partial charge in [0, 0.05) is 38.9 Å². The first-order valence-electron chi connectivity index (χ1n) is 11.9. The average molecular weight is 467 g/mol. The van der Waals surface area contributed by atoms with E-state index in [0.29, 0.717) is 32.4 Å². The predicted molar refractivity (Wildman–Crippen MR) is 131 cm³/mol. The van der Waals surface area contributed by atoms with E-state index in [2.05, 4.69) is 29.6 Å². The summed E-state index contributed by atoms with van der Waals surface area (Å²) in [4.78, 5) is 37.1. The largest absolute Gasteiger partial charge is 0.481 e. The van der Waals surface area contributed by atoms with E-state index >= 15 is 0 Å². The van der Waals surface area contributed by atoms with E-state index in [0.717, 1.165) is 6.42 Å². The zero-order chi connectivity index (χ0) is 24.5. The summed E-state index contributed by atoms with van der Waals surface area (Å²) in [5, 5.41) is 11.5. The van der Waals surface area contributed by atoms with Gasteiger partial charge in [0.2, 0.25) is 5.91 Å². The Kier molecular flexibility index (Phi) is 9.08. The molecule has 2 N–H and O–H groups in total. The zero-order valence-electron chi connectivity index (χ0n) is 20.0.